The lowest BCUT2D eigenvalue weighted by Gasteiger charge is -2.33. The van der Waals surface area contributed by atoms with Gasteiger partial charge in [0.05, 0.1) is 19.4 Å². The van der Waals surface area contributed by atoms with Crippen molar-refractivity contribution in [3.8, 4) is 16.9 Å². The Bertz CT molecular complexity index is 903. The summed E-state index contributed by atoms with van der Waals surface area (Å²) < 4.78 is 11.3. The van der Waals surface area contributed by atoms with E-state index in [1.165, 1.54) is 0 Å². The van der Waals surface area contributed by atoms with Crippen molar-refractivity contribution < 1.29 is 19.1 Å². The fraction of sp³-hybridized carbons (Fsp3) is 0.190. The number of carbonyl (C=O) groups is 1. The first kappa shape index (κ1) is 16.4. The van der Waals surface area contributed by atoms with Gasteiger partial charge in [0, 0.05) is 12.1 Å². The number of morpholine rings is 1. The topological polar surface area (TPSA) is 62.9 Å². The molecule has 26 heavy (non-hydrogen) atoms. The zero-order chi connectivity index (χ0) is 17.9. The van der Waals surface area contributed by atoms with Crippen LogP contribution in [-0.4, -0.2) is 35.6 Å². The minimum Gasteiger partial charge on any atom is -0.508 e. The van der Waals surface area contributed by atoms with Gasteiger partial charge in [-0.15, -0.1) is 0 Å². The third kappa shape index (κ3) is 3.21. The van der Waals surface area contributed by atoms with Gasteiger partial charge in [-0.1, -0.05) is 42.5 Å². The highest BCUT2D eigenvalue weighted by Crippen LogP contribution is 2.29. The first-order valence-corrected chi connectivity index (χ1v) is 8.55. The number of rotatable bonds is 3. The highest BCUT2D eigenvalue weighted by Gasteiger charge is 2.29. The van der Waals surface area contributed by atoms with E-state index in [1.54, 1.807) is 29.4 Å². The van der Waals surface area contributed by atoms with Gasteiger partial charge in [0.2, 0.25) is 0 Å². The molecule has 5 nitrogen and oxygen atoms in total. The van der Waals surface area contributed by atoms with Gasteiger partial charge in [-0.3, -0.25) is 4.79 Å². The highest BCUT2D eigenvalue weighted by molar-refractivity contribution is 5.98. The lowest BCUT2D eigenvalue weighted by atomic mass is 10.0. The molecule has 1 N–H and O–H groups in total. The maximum absolute atomic E-state index is 13.0. The molecule has 5 heteroatoms. The molecule has 0 spiro atoms. The summed E-state index contributed by atoms with van der Waals surface area (Å²) in [7, 11) is 0. The number of benzene rings is 2. The van der Waals surface area contributed by atoms with Crippen LogP contribution in [0.15, 0.2) is 71.3 Å². The summed E-state index contributed by atoms with van der Waals surface area (Å²) in [6, 6.07) is 18.5. The van der Waals surface area contributed by atoms with Crippen LogP contribution in [0.1, 0.15) is 22.2 Å². The van der Waals surface area contributed by atoms with Crippen LogP contribution in [0.2, 0.25) is 0 Å². The van der Waals surface area contributed by atoms with Crippen LogP contribution >= 0.6 is 0 Å². The molecular weight excluding hydrogens is 330 g/mol. The molecular formula is C21H19NO4. The number of ether oxygens (including phenoxy) is 1. The molecule has 1 amide bonds. The number of hydrogen-bond acceptors (Lipinski definition) is 4. The third-order valence-electron chi connectivity index (χ3n) is 4.54. The van der Waals surface area contributed by atoms with Crippen molar-refractivity contribution in [1.82, 2.24) is 4.90 Å². The molecule has 2 heterocycles. The van der Waals surface area contributed by atoms with Crippen LogP contribution in [0.4, 0.5) is 0 Å². The van der Waals surface area contributed by atoms with Crippen molar-refractivity contribution >= 4 is 5.91 Å². The van der Waals surface area contributed by atoms with E-state index in [0.717, 1.165) is 16.7 Å². The maximum atomic E-state index is 13.0. The number of nitrogens with zero attached hydrogens (tertiary/aromatic N) is 1. The van der Waals surface area contributed by atoms with Crippen molar-refractivity contribution in [1.29, 1.82) is 0 Å². The number of phenols is 1. The number of phenolic OH excluding ortho intramolecular Hbond substituents is 1. The Morgan fingerprint density at radius 1 is 1.08 bits per heavy atom. The fourth-order valence-corrected chi connectivity index (χ4v) is 3.22. The van der Waals surface area contributed by atoms with Crippen molar-refractivity contribution in [2.75, 3.05) is 19.7 Å². The quantitative estimate of drug-likeness (QED) is 0.780. The smallest absolute Gasteiger partial charge is 0.290 e. The Balaban J connectivity index is 1.57. The SMILES string of the molecule is O=C(c1occc1-c1ccccc1)N1CCO[C@@H](c2cccc(O)c2)C1. The standard InChI is InChI=1S/C21H19NO4/c23-17-8-4-7-16(13-17)19-14-22(10-12-25-19)21(24)20-18(9-11-26-20)15-5-2-1-3-6-15/h1-9,11,13,19,23H,10,12,14H2/t19-/m1/s1. The lowest BCUT2D eigenvalue weighted by molar-refractivity contribution is -0.0238. The number of aromatic hydroxyl groups is 1. The Morgan fingerprint density at radius 3 is 2.73 bits per heavy atom. The number of furan rings is 1. The summed E-state index contributed by atoms with van der Waals surface area (Å²) in [5, 5.41) is 9.68. The summed E-state index contributed by atoms with van der Waals surface area (Å²) in [4.78, 5) is 14.8. The Labute approximate surface area is 151 Å². The second-order valence-corrected chi connectivity index (χ2v) is 6.24. The molecule has 1 atom stereocenters. The molecule has 1 aromatic heterocycles. The van der Waals surface area contributed by atoms with E-state index < -0.39 is 0 Å². The first-order valence-electron chi connectivity index (χ1n) is 8.55. The average molecular weight is 349 g/mol. The molecule has 1 aliphatic heterocycles. The summed E-state index contributed by atoms with van der Waals surface area (Å²) >= 11 is 0. The molecule has 0 saturated carbocycles. The summed E-state index contributed by atoms with van der Waals surface area (Å²) in [5.41, 5.74) is 2.59. The Hall–Kier alpha value is -3.05. The van der Waals surface area contributed by atoms with E-state index in [0.29, 0.717) is 25.5 Å². The minimum absolute atomic E-state index is 0.151. The summed E-state index contributed by atoms with van der Waals surface area (Å²) in [6.45, 7) is 1.35. The van der Waals surface area contributed by atoms with Crippen LogP contribution in [0.5, 0.6) is 5.75 Å². The summed E-state index contributed by atoms with van der Waals surface area (Å²) in [5.74, 6) is 0.377. The molecule has 4 rings (SSSR count). The molecule has 0 unspecified atom stereocenters. The number of amides is 1. The van der Waals surface area contributed by atoms with Crippen molar-refractivity contribution in [3.63, 3.8) is 0 Å². The van der Waals surface area contributed by atoms with Crippen molar-refractivity contribution in [2.24, 2.45) is 0 Å². The summed E-state index contributed by atoms with van der Waals surface area (Å²) in [6.07, 6.45) is 1.28. The molecule has 3 aromatic rings. The van der Waals surface area contributed by atoms with E-state index in [-0.39, 0.29) is 17.8 Å². The van der Waals surface area contributed by atoms with Crippen LogP contribution in [0.3, 0.4) is 0 Å². The first-order chi connectivity index (χ1) is 12.7. The second kappa shape index (κ2) is 7.06. The van der Waals surface area contributed by atoms with Gasteiger partial charge in [0.25, 0.3) is 5.91 Å². The molecule has 132 valence electrons. The van der Waals surface area contributed by atoms with Crippen LogP contribution in [0, 0.1) is 0 Å². The Morgan fingerprint density at radius 2 is 1.92 bits per heavy atom. The Kier molecular flexibility index (Phi) is 4.46. The average Bonchev–Trinajstić information content (AvgIpc) is 3.18. The predicted octanol–water partition coefficient (Wildman–Crippen LogP) is 3.87. The van der Waals surface area contributed by atoms with Gasteiger partial charge in [-0.25, -0.2) is 0 Å². The van der Waals surface area contributed by atoms with Gasteiger partial charge < -0.3 is 19.2 Å². The molecule has 2 aromatic carbocycles. The normalized spacial score (nSPS) is 17.2. The molecule has 0 aliphatic carbocycles. The van der Waals surface area contributed by atoms with Gasteiger partial charge in [0.1, 0.15) is 11.9 Å². The van der Waals surface area contributed by atoms with E-state index in [4.69, 9.17) is 9.15 Å². The monoisotopic (exact) mass is 349 g/mol. The van der Waals surface area contributed by atoms with Gasteiger partial charge >= 0.3 is 0 Å². The van der Waals surface area contributed by atoms with E-state index in [9.17, 15) is 9.90 Å². The van der Waals surface area contributed by atoms with E-state index in [1.807, 2.05) is 42.5 Å². The molecule has 0 bridgehead atoms. The van der Waals surface area contributed by atoms with Gasteiger partial charge in [-0.2, -0.15) is 0 Å². The van der Waals surface area contributed by atoms with Crippen LogP contribution in [-0.2, 0) is 4.74 Å². The number of carbonyl (C=O) groups excluding carboxylic acids is 1. The molecule has 1 saturated heterocycles. The molecule has 1 aliphatic rings. The van der Waals surface area contributed by atoms with E-state index in [2.05, 4.69) is 0 Å². The maximum Gasteiger partial charge on any atom is 0.290 e. The lowest BCUT2D eigenvalue weighted by Crippen LogP contribution is -2.42. The van der Waals surface area contributed by atoms with Gasteiger partial charge in [0.15, 0.2) is 5.76 Å². The largest absolute Gasteiger partial charge is 0.508 e. The minimum atomic E-state index is -0.269. The predicted molar refractivity (Wildman–Crippen MR) is 96.8 cm³/mol. The van der Waals surface area contributed by atoms with Crippen molar-refractivity contribution in [2.45, 2.75) is 6.10 Å². The van der Waals surface area contributed by atoms with E-state index >= 15 is 0 Å². The van der Waals surface area contributed by atoms with Gasteiger partial charge in [-0.05, 0) is 29.3 Å². The zero-order valence-electron chi connectivity index (χ0n) is 14.2. The van der Waals surface area contributed by atoms with Crippen LogP contribution in [0.25, 0.3) is 11.1 Å². The fourth-order valence-electron chi connectivity index (χ4n) is 3.22. The zero-order valence-corrected chi connectivity index (χ0v) is 14.2. The van der Waals surface area contributed by atoms with Crippen LogP contribution < -0.4 is 0 Å². The molecule has 1 fully saturated rings. The number of hydrogen-bond donors (Lipinski definition) is 1. The second-order valence-electron chi connectivity index (χ2n) is 6.24. The highest BCUT2D eigenvalue weighted by atomic mass is 16.5. The van der Waals surface area contributed by atoms with Crippen molar-refractivity contribution in [3.05, 3.63) is 78.3 Å². The molecule has 0 radical (unpaired) electrons. The third-order valence-corrected chi connectivity index (χ3v) is 4.54.